The van der Waals surface area contributed by atoms with Crippen LogP contribution in [0.25, 0.3) is 22.4 Å². The summed E-state index contributed by atoms with van der Waals surface area (Å²) in [5.74, 6) is 1.12. The standard InChI is InChI=1S/C27H25FNO5P/c1-16(2)26-22(11-12-35(33,34)15-20(30)14-24(31)32)25(17-7-9-19(28)10-8-17)23-13-18-5-3-4-6-21(18)27(23)29-26/h3-10,16,20,30H,13-15H2,1-2H3,(H,31,32)(H,33,34)/t20-/m1/s1. The highest BCUT2D eigenvalue weighted by atomic mass is 31.2. The van der Waals surface area contributed by atoms with Gasteiger partial charge in [0, 0.05) is 17.5 Å². The molecule has 0 bridgehead atoms. The maximum atomic E-state index is 13.7. The molecule has 0 saturated heterocycles. The molecule has 0 fully saturated rings. The Kier molecular flexibility index (Phi) is 6.91. The Bertz CT molecular complexity index is 1410. The Morgan fingerprint density at radius 3 is 2.51 bits per heavy atom. The molecule has 1 heterocycles. The quantitative estimate of drug-likeness (QED) is 0.258. The molecule has 2 atom stereocenters. The molecule has 1 unspecified atom stereocenters. The van der Waals surface area contributed by atoms with E-state index in [4.69, 9.17) is 10.1 Å². The number of hydrogen-bond acceptors (Lipinski definition) is 4. The van der Waals surface area contributed by atoms with Gasteiger partial charge in [-0.05, 0) is 40.4 Å². The Morgan fingerprint density at radius 2 is 1.86 bits per heavy atom. The second-order valence-corrected chi connectivity index (χ2v) is 10.9. The average Bonchev–Trinajstić information content (AvgIpc) is 3.14. The maximum absolute atomic E-state index is 13.7. The van der Waals surface area contributed by atoms with Gasteiger partial charge in [0.15, 0.2) is 0 Å². The van der Waals surface area contributed by atoms with Gasteiger partial charge in [0.2, 0.25) is 0 Å². The molecule has 35 heavy (non-hydrogen) atoms. The molecule has 1 aliphatic carbocycles. The number of benzene rings is 2. The monoisotopic (exact) mass is 493 g/mol. The lowest BCUT2D eigenvalue weighted by molar-refractivity contribution is -0.138. The van der Waals surface area contributed by atoms with Crippen LogP contribution in [-0.4, -0.2) is 38.3 Å². The number of aliphatic carboxylic acids is 1. The van der Waals surface area contributed by atoms with Gasteiger partial charge in [-0.1, -0.05) is 56.2 Å². The molecule has 180 valence electrons. The summed E-state index contributed by atoms with van der Waals surface area (Å²) in [6.07, 6.45) is -2.21. The van der Waals surface area contributed by atoms with Crippen LogP contribution in [0.3, 0.4) is 0 Å². The van der Waals surface area contributed by atoms with E-state index >= 15 is 0 Å². The second kappa shape index (κ2) is 9.75. The Morgan fingerprint density at radius 1 is 1.17 bits per heavy atom. The van der Waals surface area contributed by atoms with Gasteiger partial charge in [0.1, 0.15) is 5.82 Å². The fourth-order valence-electron chi connectivity index (χ4n) is 4.35. The van der Waals surface area contributed by atoms with E-state index in [1.54, 1.807) is 12.1 Å². The minimum absolute atomic E-state index is 0.0766. The number of rotatable bonds is 6. The van der Waals surface area contributed by atoms with Gasteiger partial charge in [0.05, 0.1) is 35.6 Å². The lowest BCUT2D eigenvalue weighted by Crippen LogP contribution is -2.17. The van der Waals surface area contributed by atoms with E-state index in [9.17, 15) is 23.7 Å². The van der Waals surface area contributed by atoms with Crippen molar-refractivity contribution in [1.29, 1.82) is 0 Å². The molecule has 0 aliphatic heterocycles. The molecule has 8 heteroatoms. The zero-order valence-electron chi connectivity index (χ0n) is 19.3. The summed E-state index contributed by atoms with van der Waals surface area (Å²) in [6.45, 7) is 3.90. The highest BCUT2D eigenvalue weighted by Crippen LogP contribution is 2.45. The summed E-state index contributed by atoms with van der Waals surface area (Å²) >= 11 is 0. The van der Waals surface area contributed by atoms with Crippen LogP contribution in [0, 0.1) is 17.4 Å². The van der Waals surface area contributed by atoms with E-state index in [-0.39, 0.29) is 11.7 Å². The van der Waals surface area contributed by atoms with Crippen LogP contribution in [0.5, 0.6) is 0 Å². The molecule has 4 rings (SSSR count). The maximum Gasteiger partial charge on any atom is 0.305 e. The number of pyridine rings is 1. The SMILES string of the molecule is CC(C)c1nc2c(c(-c3ccc(F)cc3)c1C#CP(=O)(O)C[C@H](O)CC(=O)O)Cc1ccccc1-2. The minimum Gasteiger partial charge on any atom is -0.481 e. The van der Waals surface area contributed by atoms with Gasteiger partial charge in [-0.3, -0.25) is 14.3 Å². The fraction of sp³-hybridized carbons (Fsp3) is 0.259. The van der Waals surface area contributed by atoms with Gasteiger partial charge >= 0.3 is 5.97 Å². The predicted molar refractivity (Wildman–Crippen MR) is 132 cm³/mol. The first kappa shape index (κ1) is 24.8. The summed E-state index contributed by atoms with van der Waals surface area (Å²) in [4.78, 5) is 26.1. The third kappa shape index (κ3) is 5.36. The van der Waals surface area contributed by atoms with E-state index in [0.29, 0.717) is 23.2 Å². The highest BCUT2D eigenvalue weighted by molar-refractivity contribution is 7.63. The Balaban J connectivity index is 1.92. The van der Waals surface area contributed by atoms with Gasteiger partial charge in [-0.25, -0.2) is 4.39 Å². The van der Waals surface area contributed by atoms with Gasteiger partial charge < -0.3 is 15.1 Å². The average molecular weight is 493 g/mol. The van der Waals surface area contributed by atoms with Crippen LogP contribution in [0.15, 0.2) is 48.5 Å². The lowest BCUT2D eigenvalue weighted by atomic mass is 9.90. The zero-order valence-corrected chi connectivity index (χ0v) is 20.2. The molecule has 0 amide bonds. The highest BCUT2D eigenvalue weighted by Gasteiger charge is 2.29. The smallest absolute Gasteiger partial charge is 0.305 e. The fourth-order valence-corrected chi connectivity index (χ4v) is 5.43. The molecule has 2 aromatic carbocycles. The largest absolute Gasteiger partial charge is 0.481 e. The number of nitrogens with zero attached hydrogens (tertiary/aromatic N) is 1. The minimum atomic E-state index is -4.18. The number of carboxylic acid groups (broad SMARTS) is 1. The number of carbonyl (C=O) groups is 1. The van der Waals surface area contributed by atoms with E-state index in [1.165, 1.54) is 12.1 Å². The number of aliphatic hydroxyl groups excluding tert-OH is 1. The van der Waals surface area contributed by atoms with Gasteiger partial charge in [0.25, 0.3) is 7.37 Å². The third-order valence-electron chi connectivity index (χ3n) is 5.87. The Labute approximate surface area is 202 Å². The van der Waals surface area contributed by atoms with Crippen molar-refractivity contribution in [3.63, 3.8) is 0 Å². The van der Waals surface area contributed by atoms with Crippen LogP contribution in [-0.2, 0) is 15.8 Å². The third-order valence-corrected chi connectivity index (χ3v) is 7.25. The molecule has 0 spiro atoms. The van der Waals surface area contributed by atoms with Crippen molar-refractivity contribution in [1.82, 2.24) is 4.98 Å². The number of fused-ring (bicyclic) bond motifs is 3. The first-order valence-corrected chi connectivity index (χ1v) is 13.1. The molecule has 6 nitrogen and oxygen atoms in total. The van der Waals surface area contributed by atoms with Crippen LogP contribution >= 0.6 is 7.37 Å². The summed E-state index contributed by atoms with van der Waals surface area (Å²) < 4.78 is 26.5. The number of carboxylic acids is 1. The number of aromatic nitrogens is 1. The van der Waals surface area contributed by atoms with E-state index < -0.39 is 32.0 Å². The number of halogens is 1. The predicted octanol–water partition coefficient (Wildman–Crippen LogP) is 5.00. The van der Waals surface area contributed by atoms with Crippen LogP contribution < -0.4 is 0 Å². The molecule has 0 saturated carbocycles. The van der Waals surface area contributed by atoms with Crippen molar-refractivity contribution < 1.29 is 28.9 Å². The molecule has 0 radical (unpaired) electrons. The van der Waals surface area contributed by atoms with Gasteiger partial charge in [-0.15, -0.1) is 0 Å². The van der Waals surface area contributed by atoms with E-state index in [1.807, 2.05) is 38.1 Å². The lowest BCUT2D eigenvalue weighted by Gasteiger charge is -2.18. The van der Waals surface area contributed by atoms with E-state index in [2.05, 4.69) is 11.6 Å². The van der Waals surface area contributed by atoms with Crippen molar-refractivity contribution >= 4 is 13.3 Å². The summed E-state index contributed by atoms with van der Waals surface area (Å²) in [5, 5.41) is 18.7. The number of hydrogen-bond donors (Lipinski definition) is 3. The van der Waals surface area contributed by atoms with Crippen molar-refractivity contribution in [3.8, 4) is 34.0 Å². The van der Waals surface area contributed by atoms with Crippen molar-refractivity contribution in [2.75, 3.05) is 6.16 Å². The number of aliphatic hydroxyl groups is 1. The summed E-state index contributed by atoms with van der Waals surface area (Å²) in [5.41, 5.74) is 8.79. The topological polar surface area (TPSA) is 108 Å². The second-order valence-electron chi connectivity index (χ2n) is 8.94. The molecule has 3 aromatic rings. The first-order chi connectivity index (χ1) is 16.6. The zero-order chi connectivity index (χ0) is 25.3. The molecule has 1 aliphatic rings. The molecular weight excluding hydrogens is 468 g/mol. The van der Waals surface area contributed by atoms with Crippen LogP contribution in [0.4, 0.5) is 4.39 Å². The van der Waals surface area contributed by atoms with Crippen LogP contribution in [0.1, 0.15) is 48.6 Å². The molecule has 3 N–H and O–H groups in total. The normalized spacial score (nSPS) is 14.5. The summed E-state index contributed by atoms with van der Waals surface area (Å²) in [7, 11) is -4.18. The van der Waals surface area contributed by atoms with Crippen LogP contribution in [0.2, 0.25) is 0 Å². The van der Waals surface area contributed by atoms with E-state index in [0.717, 1.165) is 27.9 Å². The molecule has 1 aromatic heterocycles. The molecular formula is C27H25FNO5P. The van der Waals surface area contributed by atoms with Crippen molar-refractivity contribution in [3.05, 3.63) is 76.7 Å². The van der Waals surface area contributed by atoms with Gasteiger partial charge in [-0.2, -0.15) is 0 Å². The Hall–Kier alpha value is -3.30. The first-order valence-electron chi connectivity index (χ1n) is 11.2. The van der Waals surface area contributed by atoms with Crippen molar-refractivity contribution in [2.24, 2.45) is 0 Å². The summed E-state index contributed by atoms with van der Waals surface area (Å²) in [6, 6.07) is 13.9. The van der Waals surface area contributed by atoms with Crippen molar-refractivity contribution in [2.45, 2.75) is 38.7 Å².